The van der Waals surface area contributed by atoms with Gasteiger partial charge < -0.3 is 4.42 Å². The lowest BCUT2D eigenvalue weighted by atomic mass is 10.0. The molecule has 0 atom stereocenters. The van der Waals surface area contributed by atoms with Crippen molar-refractivity contribution >= 4 is 39.9 Å². The maximum Gasteiger partial charge on any atom is 0.231 e. The Bertz CT molecular complexity index is 1040. The number of benzene rings is 2. The number of allylic oxidation sites excluding steroid dienone is 1. The van der Waals surface area contributed by atoms with Crippen LogP contribution in [0, 0.1) is 6.92 Å². The fourth-order valence-corrected chi connectivity index (χ4v) is 3.48. The molecule has 3 nitrogen and oxygen atoms in total. The fraction of sp³-hybridized carbons (Fsp3) is 0.0476. The number of para-hydroxylation sites is 2. The number of carbonyl (C=O) groups is 1. The summed E-state index contributed by atoms with van der Waals surface area (Å²) in [6.45, 7) is 2.03. The van der Waals surface area contributed by atoms with E-state index < -0.39 is 0 Å². The van der Waals surface area contributed by atoms with Gasteiger partial charge in [0.05, 0.1) is 5.57 Å². The molecule has 2 heterocycles. The minimum atomic E-state index is -0.0973. The quantitative estimate of drug-likeness (QED) is 0.356. The number of Topliss-reactive ketones (excluding diaryl/α,β-unsaturated/α-hetero) is 1. The molecule has 25 heavy (non-hydrogen) atoms. The number of carbonyl (C=O) groups excluding carboxylic acids is 1. The molecule has 0 saturated carbocycles. The number of ketones is 1. The SMILES string of the molecule is Cc1ccsc1/C=C(/C(=O)c1ccccc1)c1nc2ccccc2o1. The second-order valence-corrected chi connectivity index (χ2v) is 6.66. The van der Waals surface area contributed by atoms with E-state index in [0.29, 0.717) is 22.6 Å². The van der Waals surface area contributed by atoms with Gasteiger partial charge in [-0.25, -0.2) is 4.98 Å². The van der Waals surface area contributed by atoms with Gasteiger partial charge in [0.15, 0.2) is 11.4 Å². The standard InChI is InChI=1S/C21H15NO2S/c1-14-11-12-25-19(14)13-16(20(23)15-7-3-2-4-8-15)21-22-17-9-5-6-10-18(17)24-21/h2-13H,1H3/b16-13-. The molecule has 4 heteroatoms. The number of fused-ring (bicyclic) bond motifs is 1. The number of thiophene rings is 1. The summed E-state index contributed by atoms with van der Waals surface area (Å²) in [5.41, 5.74) is 3.62. The lowest BCUT2D eigenvalue weighted by molar-refractivity contribution is 0.105. The van der Waals surface area contributed by atoms with Crippen LogP contribution in [0.25, 0.3) is 22.7 Å². The van der Waals surface area contributed by atoms with Crippen LogP contribution in [0.15, 0.2) is 70.5 Å². The van der Waals surface area contributed by atoms with Crippen LogP contribution in [0.5, 0.6) is 0 Å². The van der Waals surface area contributed by atoms with Crippen LogP contribution in [0.1, 0.15) is 26.7 Å². The summed E-state index contributed by atoms with van der Waals surface area (Å²) in [5.74, 6) is 0.253. The van der Waals surface area contributed by atoms with Gasteiger partial charge in [-0.2, -0.15) is 0 Å². The summed E-state index contributed by atoms with van der Waals surface area (Å²) in [7, 11) is 0. The highest BCUT2D eigenvalue weighted by Crippen LogP contribution is 2.28. The molecule has 0 radical (unpaired) electrons. The number of nitrogens with zero attached hydrogens (tertiary/aromatic N) is 1. The average Bonchev–Trinajstić information content (AvgIpc) is 3.25. The zero-order chi connectivity index (χ0) is 17.2. The third-order valence-corrected chi connectivity index (χ3v) is 4.95. The number of hydrogen-bond donors (Lipinski definition) is 0. The van der Waals surface area contributed by atoms with Gasteiger partial charge in [0.2, 0.25) is 5.89 Å². The van der Waals surface area contributed by atoms with Crippen LogP contribution in [-0.2, 0) is 0 Å². The van der Waals surface area contributed by atoms with E-state index >= 15 is 0 Å². The van der Waals surface area contributed by atoms with Crippen LogP contribution < -0.4 is 0 Å². The first-order chi connectivity index (χ1) is 12.2. The third kappa shape index (κ3) is 3.04. The summed E-state index contributed by atoms with van der Waals surface area (Å²) in [6.07, 6.45) is 1.88. The molecule has 0 aliphatic carbocycles. The first kappa shape index (κ1) is 15.5. The lowest BCUT2D eigenvalue weighted by Gasteiger charge is -2.03. The zero-order valence-electron chi connectivity index (χ0n) is 13.6. The smallest absolute Gasteiger partial charge is 0.231 e. The maximum absolute atomic E-state index is 13.1. The van der Waals surface area contributed by atoms with Crippen LogP contribution in [0.2, 0.25) is 0 Å². The van der Waals surface area contributed by atoms with Crippen molar-refractivity contribution < 1.29 is 9.21 Å². The van der Waals surface area contributed by atoms with Crippen LogP contribution in [0.3, 0.4) is 0 Å². The number of hydrogen-bond acceptors (Lipinski definition) is 4. The highest BCUT2D eigenvalue weighted by molar-refractivity contribution is 7.11. The molecule has 0 amide bonds. The van der Waals surface area contributed by atoms with Crippen molar-refractivity contribution in [3.8, 4) is 0 Å². The van der Waals surface area contributed by atoms with Crippen molar-refractivity contribution in [2.75, 3.05) is 0 Å². The number of aromatic nitrogens is 1. The molecule has 4 aromatic rings. The molecular weight excluding hydrogens is 330 g/mol. The Morgan fingerprint density at radius 1 is 1.04 bits per heavy atom. The first-order valence-electron chi connectivity index (χ1n) is 7.94. The molecule has 0 N–H and O–H groups in total. The Kier molecular flexibility index (Phi) is 4.04. The van der Waals surface area contributed by atoms with Gasteiger partial charge in [0, 0.05) is 10.4 Å². The Morgan fingerprint density at radius 3 is 2.52 bits per heavy atom. The Labute approximate surface area is 149 Å². The minimum absolute atomic E-state index is 0.0973. The van der Waals surface area contributed by atoms with Crippen LogP contribution >= 0.6 is 11.3 Å². The van der Waals surface area contributed by atoms with Crippen molar-refractivity contribution in [3.63, 3.8) is 0 Å². The monoisotopic (exact) mass is 345 g/mol. The molecule has 0 spiro atoms. The molecular formula is C21H15NO2S. The average molecular weight is 345 g/mol. The Hall–Kier alpha value is -2.98. The van der Waals surface area contributed by atoms with Crippen LogP contribution in [-0.4, -0.2) is 10.8 Å². The van der Waals surface area contributed by atoms with E-state index in [1.165, 1.54) is 0 Å². The van der Waals surface area contributed by atoms with E-state index in [9.17, 15) is 4.79 Å². The van der Waals surface area contributed by atoms with Gasteiger partial charge in [0.25, 0.3) is 0 Å². The van der Waals surface area contributed by atoms with Crippen molar-refractivity contribution in [1.29, 1.82) is 0 Å². The minimum Gasteiger partial charge on any atom is -0.436 e. The molecule has 0 bridgehead atoms. The number of aryl methyl sites for hydroxylation is 1. The molecule has 0 saturated heterocycles. The van der Waals surface area contributed by atoms with Gasteiger partial charge in [-0.1, -0.05) is 42.5 Å². The summed E-state index contributed by atoms with van der Waals surface area (Å²) in [6, 6.07) is 18.8. The van der Waals surface area contributed by atoms with Crippen molar-refractivity contribution in [2.24, 2.45) is 0 Å². The Morgan fingerprint density at radius 2 is 1.80 bits per heavy atom. The summed E-state index contributed by atoms with van der Waals surface area (Å²) < 4.78 is 5.87. The molecule has 0 aliphatic heterocycles. The first-order valence-corrected chi connectivity index (χ1v) is 8.82. The highest BCUT2D eigenvalue weighted by Gasteiger charge is 2.20. The second kappa shape index (κ2) is 6.49. The third-order valence-electron chi connectivity index (χ3n) is 3.98. The predicted molar refractivity (Wildman–Crippen MR) is 102 cm³/mol. The van der Waals surface area contributed by atoms with E-state index in [0.717, 1.165) is 16.0 Å². The molecule has 122 valence electrons. The topological polar surface area (TPSA) is 43.1 Å². The van der Waals surface area contributed by atoms with Crippen LogP contribution in [0.4, 0.5) is 0 Å². The van der Waals surface area contributed by atoms with Crippen molar-refractivity contribution in [2.45, 2.75) is 6.92 Å². The lowest BCUT2D eigenvalue weighted by Crippen LogP contribution is -2.03. The predicted octanol–water partition coefficient (Wildman–Crippen LogP) is 5.62. The van der Waals surface area contributed by atoms with Gasteiger partial charge in [-0.15, -0.1) is 11.3 Å². The maximum atomic E-state index is 13.1. The van der Waals surface area contributed by atoms with Gasteiger partial charge in [-0.05, 0) is 42.1 Å². The zero-order valence-corrected chi connectivity index (χ0v) is 14.4. The molecule has 4 rings (SSSR count). The van der Waals surface area contributed by atoms with Crippen molar-refractivity contribution in [1.82, 2.24) is 4.98 Å². The summed E-state index contributed by atoms with van der Waals surface area (Å²) in [4.78, 5) is 18.6. The highest BCUT2D eigenvalue weighted by atomic mass is 32.1. The second-order valence-electron chi connectivity index (χ2n) is 5.71. The fourth-order valence-electron chi connectivity index (χ4n) is 2.62. The Balaban J connectivity index is 1.88. The normalized spacial score (nSPS) is 11.8. The molecule has 0 aliphatic rings. The number of oxazole rings is 1. The molecule has 2 aromatic heterocycles. The summed E-state index contributed by atoms with van der Waals surface area (Å²) >= 11 is 1.59. The van der Waals surface area contributed by atoms with E-state index in [-0.39, 0.29) is 5.78 Å². The van der Waals surface area contributed by atoms with Crippen molar-refractivity contribution in [3.05, 3.63) is 87.9 Å². The van der Waals surface area contributed by atoms with Gasteiger partial charge in [-0.3, -0.25) is 4.79 Å². The molecule has 0 fully saturated rings. The molecule has 2 aromatic carbocycles. The largest absolute Gasteiger partial charge is 0.436 e. The van der Waals surface area contributed by atoms with Gasteiger partial charge in [0.1, 0.15) is 5.52 Å². The van der Waals surface area contributed by atoms with Gasteiger partial charge >= 0.3 is 0 Å². The van der Waals surface area contributed by atoms with E-state index in [1.54, 1.807) is 23.5 Å². The molecule has 0 unspecified atom stereocenters. The van der Waals surface area contributed by atoms with E-state index in [4.69, 9.17) is 4.42 Å². The van der Waals surface area contributed by atoms with E-state index in [1.807, 2.05) is 66.9 Å². The summed E-state index contributed by atoms with van der Waals surface area (Å²) in [5, 5.41) is 2.01. The number of rotatable bonds is 4. The van der Waals surface area contributed by atoms with E-state index in [2.05, 4.69) is 4.98 Å².